The van der Waals surface area contributed by atoms with E-state index >= 15 is 0 Å². The molecule has 1 aromatic heterocycles. The average Bonchev–Trinajstić information content (AvgIpc) is 3.68. The third kappa shape index (κ3) is 6.72. The van der Waals surface area contributed by atoms with Gasteiger partial charge in [-0.15, -0.1) is 0 Å². The van der Waals surface area contributed by atoms with Crippen molar-refractivity contribution in [1.29, 1.82) is 0 Å². The summed E-state index contributed by atoms with van der Waals surface area (Å²) in [5, 5.41) is 13.4. The van der Waals surface area contributed by atoms with E-state index in [1.165, 1.54) is 4.90 Å². The first-order chi connectivity index (χ1) is 22.4. The third-order valence-corrected chi connectivity index (χ3v) is 8.62. The predicted octanol–water partition coefficient (Wildman–Crippen LogP) is 2.94. The van der Waals surface area contributed by atoms with Crippen molar-refractivity contribution in [3.8, 4) is 0 Å². The van der Waals surface area contributed by atoms with Crippen molar-refractivity contribution in [1.82, 2.24) is 25.8 Å². The summed E-state index contributed by atoms with van der Waals surface area (Å²) in [5.41, 5.74) is 12.4. The molecule has 0 radical (unpaired) electrons. The molecule has 3 heterocycles. The van der Waals surface area contributed by atoms with E-state index in [0.717, 1.165) is 27.6 Å². The lowest BCUT2D eigenvalue weighted by Gasteiger charge is -2.32. The number of nitrogens with zero attached hydrogens (tertiary/aromatic N) is 4. The standard InChI is InChI=1S/C34H34N8O4/c35-41-40-24-18-30-33(45)38-27(15-21-9-3-1-4-10-21)31(43)37-28(17-23-19-36-26-14-8-7-13-25(23)26)32(44)39-29(34(46)42(30)20-24)16-22-11-5-2-6-12-22/h1-14,19,24,27-30,36H,15-18,20H2,(H,37,43)(H,38,45)(H,39,44)/t24-,27+,28-,29+,30-/m1/s1. The van der Waals surface area contributed by atoms with Crippen molar-refractivity contribution in [2.24, 2.45) is 5.11 Å². The van der Waals surface area contributed by atoms with Crippen molar-refractivity contribution in [3.05, 3.63) is 118 Å². The number of nitrogens with one attached hydrogen (secondary N) is 4. The number of hydrogen-bond acceptors (Lipinski definition) is 5. The van der Waals surface area contributed by atoms with Crippen molar-refractivity contribution in [2.75, 3.05) is 6.54 Å². The highest BCUT2D eigenvalue weighted by Gasteiger charge is 2.44. The fourth-order valence-electron chi connectivity index (χ4n) is 6.31. The smallest absolute Gasteiger partial charge is 0.246 e. The van der Waals surface area contributed by atoms with E-state index in [0.29, 0.717) is 0 Å². The van der Waals surface area contributed by atoms with Gasteiger partial charge in [-0.05, 0) is 34.7 Å². The van der Waals surface area contributed by atoms with Gasteiger partial charge in [-0.25, -0.2) is 0 Å². The van der Waals surface area contributed by atoms with Crippen molar-refractivity contribution in [3.63, 3.8) is 0 Å². The molecule has 4 amide bonds. The molecule has 4 aromatic rings. The fraction of sp³-hybridized carbons (Fsp3) is 0.294. The minimum absolute atomic E-state index is 0.0104. The second-order valence-electron chi connectivity index (χ2n) is 11.7. The highest BCUT2D eigenvalue weighted by atomic mass is 16.2. The molecule has 0 saturated carbocycles. The zero-order chi connectivity index (χ0) is 32.0. The summed E-state index contributed by atoms with van der Waals surface area (Å²) < 4.78 is 0. The van der Waals surface area contributed by atoms with Crippen LogP contribution in [0.25, 0.3) is 21.3 Å². The number of para-hydroxylation sites is 1. The molecular formula is C34H34N8O4. The Kier molecular flexibility index (Phi) is 8.98. The summed E-state index contributed by atoms with van der Waals surface area (Å²) in [7, 11) is 0. The Labute approximate surface area is 265 Å². The van der Waals surface area contributed by atoms with Crippen LogP contribution in [0.1, 0.15) is 23.1 Å². The Morgan fingerprint density at radius 2 is 1.28 bits per heavy atom. The molecule has 0 bridgehead atoms. The van der Waals surface area contributed by atoms with Gasteiger partial charge in [0.2, 0.25) is 23.6 Å². The third-order valence-electron chi connectivity index (χ3n) is 8.62. The molecule has 0 spiro atoms. The van der Waals surface area contributed by atoms with Crippen LogP contribution in [0.3, 0.4) is 0 Å². The van der Waals surface area contributed by atoms with Crippen LogP contribution < -0.4 is 16.0 Å². The van der Waals surface area contributed by atoms with Crippen LogP contribution in [0.4, 0.5) is 0 Å². The molecule has 2 aliphatic heterocycles. The van der Waals surface area contributed by atoms with E-state index in [1.807, 2.05) is 84.9 Å². The van der Waals surface area contributed by atoms with Crippen molar-refractivity contribution in [2.45, 2.75) is 55.9 Å². The minimum atomic E-state index is -1.06. The zero-order valence-corrected chi connectivity index (χ0v) is 25.0. The van der Waals surface area contributed by atoms with Gasteiger partial charge in [0, 0.05) is 47.8 Å². The minimum Gasteiger partial charge on any atom is -0.361 e. The number of azide groups is 1. The lowest BCUT2D eigenvalue weighted by molar-refractivity contribution is -0.143. The van der Waals surface area contributed by atoms with Gasteiger partial charge in [-0.3, -0.25) is 19.2 Å². The molecule has 234 valence electrons. The summed E-state index contributed by atoms with van der Waals surface area (Å²) in [6.07, 6.45) is 2.37. The molecule has 4 N–H and O–H groups in total. The van der Waals surface area contributed by atoms with Crippen LogP contribution in [0.2, 0.25) is 0 Å². The molecule has 0 unspecified atom stereocenters. The van der Waals surface area contributed by atoms with Gasteiger partial charge in [0.15, 0.2) is 0 Å². The number of carbonyl (C=O) groups excluding carboxylic acids is 4. The Bertz CT molecular complexity index is 1790. The Balaban J connectivity index is 1.38. The first-order valence-corrected chi connectivity index (χ1v) is 15.3. The predicted molar refractivity (Wildman–Crippen MR) is 171 cm³/mol. The molecule has 0 aliphatic carbocycles. The lowest BCUT2D eigenvalue weighted by Crippen LogP contribution is -2.62. The first kappa shape index (κ1) is 30.4. The van der Waals surface area contributed by atoms with Gasteiger partial charge in [-0.2, -0.15) is 0 Å². The van der Waals surface area contributed by atoms with E-state index < -0.39 is 53.8 Å². The van der Waals surface area contributed by atoms with Gasteiger partial charge in [0.1, 0.15) is 24.2 Å². The van der Waals surface area contributed by atoms with E-state index in [4.69, 9.17) is 5.53 Å². The molecule has 2 fully saturated rings. The molecule has 5 atom stereocenters. The summed E-state index contributed by atoms with van der Waals surface area (Å²) in [6.45, 7) is 0.0104. The summed E-state index contributed by atoms with van der Waals surface area (Å²) in [4.78, 5) is 63.6. The molecule has 12 heteroatoms. The molecule has 6 rings (SSSR count). The average molecular weight is 619 g/mol. The Morgan fingerprint density at radius 3 is 1.96 bits per heavy atom. The number of fused-ring (bicyclic) bond motifs is 2. The molecule has 12 nitrogen and oxygen atoms in total. The zero-order valence-electron chi connectivity index (χ0n) is 25.0. The van der Waals surface area contributed by atoms with Crippen LogP contribution in [-0.4, -0.2) is 70.3 Å². The molecule has 46 heavy (non-hydrogen) atoms. The fourth-order valence-corrected chi connectivity index (χ4v) is 6.31. The second kappa shape index (κ2) is 13.6. The van der Waals surface area contributed by atoms with E-state index in [-0.39, 0.29) is 32.2 Å². The number of carbonyl (C=O) groups is 4. The number of hydrogen-bond donors (Lipinski definition) is 4. The monoisotopic (exact) mass is 618 g/mol. The second-order valence-corrected chi connectivity index (χ2v) is 11.7. The summed E-state index contributed by atoms with van der Waals surface area (Å²) >= 11 is 0. The topological polar surface area (TPSA) is 172 Å². The number of H-pyrrole nitrogens is 1. The first-order valence-electron chi connectivity index (χ1n) is 15.3. The van der Waals surface area contributed by atoms with E-state index in [2.05, 4.69) is 31.0 Å². The van der Waals surface area contributed by atoms with Crippen LogP contribution in [0.15, 0.2) is 96.2 Å². The van der Waals surface area contributed by atoms with E-state index in [1.54, 1.807) is 6.20 Å². The Morgan fingerprint density at radius 1 is 0.717 bits per heavy atom. The number of aromatic nitrogens is 1. The Hall–Kier alpha value is -5.61. The molecule has 2 saturated heterocycles. The molecule has 3 aromatic carbocycles. The van der Waals surface area contributed by atoms with Crippen LogP contribution >= 0.6 is 0 Å². The SMILES string of the molecule is [N-]=[N+]=N[C@@H]1C[C@@H]2C(=O)N[C@@H](Cc3ccccc3)C(=O)N[C@H](Cc3c[nH]c4ccccc34)C(=O)N[C@@H](Cc3ccccc3)C(=O)N2C1. The maximum absolute atomic E-state index is 14.2. The number of rotatable bonds is 7. The maximum Gasteiger partial charge on any atom is 0.246 e. The van der Waals surface area contributed by atoms with Crippen LogP contribution in [-0.2, 0) is 38.4 Å². The van der Waals surface area contributed by atoms with Gasteiger partial charge in [-0.1, -0.05) is 84.0 Å². The van der Waals surface area contributed by atoms with Gasteiger partial charge in [0.05, 0.1) is 6.04 Å². The summed E-state index contributed by atoms with van der Waals surface area (Å²) in [5.74, 6) is -2.05. The van der Waals surface area contributed by atoms with Gasteiger partial charge in [0.25, 0.3) is 0 Å². The van der Waals surface area contributed by atoms with E-state index in [9.17, 15) is 19.2 Å². The highest BCUT2D eigenvalue weighted by Crippen LogP contribution is 2.24. The number of aromatic amines is 1. The summed E-state index contributed by atoms with van der Waals surface area (Å²) in [6, 6.07) is 21.4. The normalized spacial score (nSPS) is 23.7. The van der Waals surface area contributed by atoms with Crippen LogP contribution in [0.5, 0.6) is 0 Å². The largest absolute Gasteiger partial charge is 0.361 e. The lowest BCUT2D eigenvalue weighted by atomic mass is 9.99. The van der Waals surface area contributed by atoms with Crippen LogP contribution in [0, 0.1) is 0 Å². The molecule has 2 aliphatic rings. The van der Waals surface area contributed by atoms with Crippen molar-refractivity contribution < 1.29 is 19.2 Å². The number of amides is 4. The quantitative estimate of drug-likeness (QED) is 0.142. The van der Waals surface area contributed by atoms with Gasteiger partial charge >= 0.3 is 0 Å². The number of benzene rings is 3. The van der Waals surface area contributed by atoms with Gasteiger partial charge < -0.3 is 25.8 Å². The maximum atomic E-state index is 14.2. The molecular weight excluding hydrogens is 584 g/mol. The van der Waals surface area contributed by atoms with Crippen molar-refractivity contribution >= 4 is 34.5 Å². The highest BCUT2D eigenvalue weighted by molar-refractivity contribution is 5.98.